The summed E-state index contributed by atoms with van der Waals surface area (Å²) < 4.78 is 16.1. The highest BCUT2D eigenvalue weighted by atomic mass is 16.5. The Bertz CT molecular complexity index is 1090. The molecule has 30 heavy (non-hydrogen) atoms. The van der Waals surface area contributed by atoms with Gasteiger partial charge in [-0.3, -0.25) is 4.79 Å². The average molecular weight is 406 g/mol. The van der Waals surface area contributed by atoms with Crippen molar-refractivity contribution in [1.29, 1.82) is 0 Å². The van der Waals surface area contributed by atoms with Gasteiger partial charge in [-0.25, -0.2) is 9.80 Å². The number of nitrogens with zero attached hydrogens (tertiary/aromatic N) is 2. The number of amides is 1. The first kappa shape index (κ1) is 19.7. The van der Waals surface area contributed by atoms with Crippen LogP contribution < -0.4 is 0 Å². The first-order valence-corrected chi connectivity index (χ1v) is 9.66. The zero-order valence-electron chi connectivity index (χ0n) is 17.0. The van der Waals surface area contributed by atoms with Gasteiger partial charge in [0.1, 0.15) is 28.9 Å². The predicted molar refractivity (Wildman–Crippen MR) is 109 cm³/mol. The maximum atomic E-state index is 12.9. The summed E-state index contributed by atoms with van der Waals surface area (Å²) in [7, 11) is 0. The van der Waals surface area contributed by atoms with E-state index in [2.05, 4.69) is 5.10 Å². The number of rotatable bonds is 5. The van der Waals surface area contributed by atoms with Gasteiger partial charge in [-0.1, -0.05) is 29.8 Å². The van der Waals surface area contributed by atoms with Gasteiger partial charge in [-0.05, 0) is 44.5 Å². The van der Waals surface area contributed by atoms with Crippen molar-refractivity contribution in [2.45, 2.75) is 33.2 Å². The third kappa shape index (κ3) is 3.91. The zero-order chi connectivity index (χ0) is 21.3. The third-order valence-electron chi connectivity index (χ3n) is 5.01. The lowest BCUT2D eigenvalue weighted by atomic mass is 10.0. The topological polar surface area (TPSA) is 85.3 Å². The molecule has 2 aromatic heterocycles. The van der Waals surface area contributed by atoms with E-state index in [1.165, 1.54) is 5.01 Å². The van der Waals surface area contributed by atoms with Crippen LogP contribution in [0.2, 0.25) is 0 Å². The molecule has 0 N–H and O–H groups in total. The van der Waals surface area contributed by atoms with Crippen LogP contribution in [0.4, 0.5) is 0 Å². The van der Waals surface area contributed by atoms with Crippen molar-refractivity contribution in [3.05, 3.63) is 82.7 Å². The van der Waals surface area contributed by atoms with Crippen molar-refractivity contribution in [1.82, 2.24) is 5.01 Å². The van der Waals surface area contributed by atoms with E-state index >= 15 is 0 Å². The van der Waals surface area contributed by atoms with Crippen molar-refractivity contribution in [3.8, 4) is 0 Å². The molecule has 7 nitrogen and oxygen atoms in total. The second-order valence-electron chi connectivity index (χ2n) is 7.29. The molecular weight excluding hydrogens is 384 g/mol. The van der Waals surface area contributed by atoms with Gasteiger partial charge < -0.3 is 13.6 Å². The minimum Gasteiger partial charge on any atom is -0.467 e. The number of carbonyl (C=O) groups is 2. The van der Waals surface area contributed by atoms with Crippen LogP contribution in [0.3, 0.4) is 0 Å². The van der Waals surface area contributed by atoms with Crippen molar-refractivity contribution >= 4 is 17.6 Å². The van der Waals surface area contributed by atoms with Crippen molar-refractivity contribution in [2.24, 2.45) is 5.10 Å². The van der Waals surface area contributed by atoms with E-state index in [1.807, 2.05) is 37.3 Å². The Hall–Kier alpha value is -3.61. The summed E-state index contributed by atoms with van der Waals surface area (Å²) in [5, 5.41) is 5.87. The summed E-state index contributed by atoms with van der Waals surface area (Å²) in [6.45, 7) is 5.01. The fraction of sp³-hybridized carbons (Fsp3) is 0.261. The number of hydrogen-bond donors (Lipinski definition) is 0. The van der Waals surface area contributed by atoms with Gasteiger partial charge in [-0.2, -0.15) is 5.10 Å². The van der Waals surface area contributed by atoms with Crippen LogP contribution in [0, 0.1) is 20.8 Å². The molecular formula is C23H22N2O5. The highest BCUT2D eigenvalue weighted by Crippen LogP contribution is 2.33. The molecule has 3 aromatic rings. The third-order valence-corrected chi connectivity index (χ3v) is 5.01. The van der Waals surface area contributed by atoms with Gasteiger partial charge in [0.15, 0.2) is 6.61 Å². The molecule has 1 aliphatic rings. The number of hydrazone groups is 1. The van der Waals surface area contributed by atoms with Gasteiger partial charge >= 0.3 is 5.97 Å². The molecule has 1 amide bonds. The fourth-order valence-electron chi connectivity index (χ4n) is 3.47. The Morgan fingerprint density at radius 2 is 1.93 bits per heavy atom. The van der Waals surface area contributed by atoms with Crippen LogP contribution >= 0.6 is 0 Å². The molecule has 0 fully saturated rings. The van der Waals surface area contributed by atoms with E-state index in [4.69, 9.17) is 13.6 Å². The van der Waals surface area contributed by atoms with E-state index in [-0.39, 0.29) is 6.04 Å². The van der Waals surface area contributed by atoms with Gasteiger partial charge in [0.25, 0.3) is 5.91 Å². The maximum Gasteiger partial charge on any atom is 0.342 e. The quantitative estimate of drug-likeness (QED) is 0.589. The second-order valence-corrected chi connectivity index (χ2v) is 7.29. The predicted octanol–water partition coefficient (Wildman–Crippen LogP) is 4.33. The maximum absolute atomic E-state index is 12.9. The lowest BCUT2D eigenvalue weighted by Gasteiger charge is -2.19. The number of hydrogen-bond acceptors (Lipinski definition) is 6. The lowest BCUT2D eigenvalue weighted by molar-refractivity contribution is -0.136. The SMILES string of the molecule is Cc1ccc(C2=NN(C(=O)COC(=O)c3cc(C)oc3C)[C@@H](c3ccco3)C2)cc1. The summed E-state index contributed by atoms with van der Waals surface area (Å²) in [6.07, 6.45) is 2.07. The van der Waals surface area contributed by atoms with Gasteiger partial charge in [0, 0.05) is 6.42 Å². The minimum atomic E-state index is -0.603. The van der Waals surface area contributed by atoms with Crippen molar-refractivity contribution < 1.29 is 23.2 Å². The Kier molecular flexibility index (Phi) is 5.27. The van der Waals surface area contributed by atoms with Gasteiger partial charge in [-0.15, -0.1) is 0 Å². The van der Waals surface area contributed by atoms with E-state index in [0.717, 1.165) is 16.8 Å². The summed E-state index contributed by atoms with van der Waals surface area (Å²) in [4.78, 5) is 25.2. The molecule has 1 aliphatic heterocycles. The smallest absolute Gasteiger partial charge is 0.342 e. The number of furan rings is 2. The van der Waals surface area contributed by atoms with Crippen LogP contribution in [0.15, 0.2) is 62.7 Å². The number of aryl methyl sites for hydroxylation is 3. The molecule has 0 spiro atoms. The molecule has 0 bridgehead atoms. The molecule has 4 rings (SSSR count). The molecule has 154 valence electrons. The first-order valence-electron chi connectivity index (χ1n) is 9.66. The number of carbonyl (C=O) groups excluding carboxylic acids is 2. The first-order chi connectivity index (χ1) is 14.4. The Labute approximate surface area is 173 Å². The average Bonchev–Trinajstić information content (AvgIpc) is 3.45. The van der Waals surface area contributed by atoms with Gasteiger partial charge in [0.2, 0.25) is 0 Å². The summed E-state index contributed by atoms with van der Waals surface area (Å²) in [5.74, 6) is 0.663. The lowest BCUT2D eigenvalue weighted by Crippen LogP contribution is -2.31. The fourth-order valence-corrected chi connectivity index (χ4v) is 3.47. The number of benzene rings is 1. The van der Waals surface area contributed by atoms with E-state index in [0.29, 0.717) is 29.3 Å². The molecule has 0 saturated heterocycles. The highest BCUT2D eigenvalue weighted by Gasteiger charge is 2.35. The summed E-state index contributed by atoms with van der Waals surface area (Å²) in [5.41, 5.74) is 3.17. The Balaban J connectivity index is 1.52. The molecule has 1 aromatic carbocycles. The molecule has 1 atom stereocenters. The molecule has 0 radical (unpaired) electrons. The largest absolute Gasteiger partial charge is 0.467 e. The van der Waals surface area contributed by atoms with Crippen LogP contribution in [0.1, 0.15) is 51.2 Å². The standard InChI is InChI=1S/C23H22N2O5/c1-14-6-8-17(9-7-14)19-12-20(21-5-4-10-28-21)25(24-19)22(26)13-29-23(27)18-11-15(2)30-16(18)3/h4-11,20H,12-13H2,1-3H3/t20-/m1/s1. The van der Waals surface area contributed by atoms with Crippen LogP contribution in [-0.4, -0.2) is 29.2 Å². The number of esters is 1. The molecule has 7 heteroatoms. The zero-order valence-corrected chi connectivity index (χ0v) is 17.0. The molecule has 0 unspecified atom stereocenters. The second kappa shape index (κ2) is 8.02. The monoisotopic (exact) mass is 406 g/mol. The van der Waals surface area contributed by atoms with Crippen LogP contribution in [0.25, 0.3) is 0 Å². The van der Waals surface area contributed by atoms with Crippen LogP contribution in [0.5, 0.6) is 0 Å². The molecule has 0 aliphatic carbocycles. The summed E-state index contributed by atoms with van der Waals surface area (Å²) in [6, 6.07) is 12.7. The van der Waals surface area contributed by atoms with E-state index in [1.54, 1.807) is 32.2 Å². The Morgan fingerprint density at radius 3 is 2.57 bits per heavy atom. The Morgan fingerprint density at radius 1 is 1.17 bits per heavy atom. The van der Waals surface area contributed by atoms with Crippen molar-refractivity contribution in [3.63, 3.8) is 0 Å². The highest BCUT2D eigenvalue weighted by molar-refractivity contribution is 6.03. The molecule has 0 saturated carbocycles. The summed E-state index contributed by atoms with van der Waals surface area (Å²) >= 11 is 0. The molecule has 3 heterocycles. The van der Waals surface area contributed by atoms with Crippen molar-refractivity contribution in [2.75, 3.05) is 6.61 Å². The van der Waals surface area contributed by atoms with Gasteiger partial charge in [0.05, 0.1) is 12.0 Å². The van der Waals surface area contributed by atoms with E-state index in [9.17, 15) is 9.59 Å². The number of ether oxygens (including phenoxy) is 1. The normalized spacial score (nSPS) is 15.9. The van der Waals surface area contributed by atoms with Crippen LogP contribution in [-0.2, 0) is 9.53 Å². The minimum absolute atomic E-state index is 0.313. The van der Waals surface area contributed by atoms with E-state index < -0.39 is 18.5 Å².